The summed E-state index contributed by atoms with van der Waals surface area (Å²) >= 11 is 0. The first-order valence-corrected chi connectivity index (χ1v) is 6.77. The molecule has 0 aliphatic carbocycles. The Bertz CT molecular complexity index is 510. The smallest absolute Gasteiger partial charge is 0.337 e. The second-order valence-corrected chi connectivity index (χ2v) is 5.82. The average Bonchev–Trinajstić information content (AvgIpc) is 2.27. The summed E-state index contributed by atoms with van der Waals surface area (Å²) in [6, 6.07) is 5.92. The Hall–Kier alpha value is -1.56. The Kier molecular flexibility index (Phi) is 4.11. The number of carboxylic acids is 1. The average molecular weight is 257 g/mol. The summed E-state index contributed by atoms with van der Waals surface area (Å²) in [6.45, 7) is 3.33. The zero-order chi connectivity index (χ0) is 13.1. The van der Waals surface area contributed by atoms with E-state index in [9.17, 15) is 13.2 Å². The van der Waals surface area contributed by atoms with Crippen molar-refractivity contribution in [1.29, 1.82) is 0 Å². The van der Waals surface area contributed by atoms with E-state index in [1.165, 1.54) is 12.1 Å². The number of carboxylic acid groups (broad SMARTS) is 1. The van der Waals surface area contributed by atoms with Crippen molar-refractivity contribution in [3.8, 4) is 0 Å². The van der Waals surface area contributed by atoms with Crippen molar-refractivity contribution in [2.24, 2.45) is 0 Å². The van der Waals surface area contributed by atoms with Crippen molar-refractivity contribution in [3.05, 3.63) is 29.8 Å². The molecule has 5 nitrogen and oxygen atoms in total. The third-order valence-corrected chi connectivity index (χ3v) is 4.41. The Morgan fingerprint density at radius 2 is 2.00 bits per heavy atom. The summed E-state index contributed by atoms with van der Waals surface area (Å²) in [5.74, 6) is -1.16. The highest BCUT2D eigenvalue weighted by molar-refractivity contribution is 7.93. The predicted octanol–water partition coefficient (Wildman–Crippen LogP) is 1.93. The fraction of sp³-hybridized carbons (Fsp3) is 0.364. The fourth-order valence-corrected chi connectivity index (χ4v) is 2.36. The summed E-state index contributed by atoms with van der Waals surface area (Å²) in [6.07, 6.45) is 0.463. The highest BCUT2D eigenvalue weighted by Gasteiger charge is 2.21. The number of aromatic carboxylic acids is 1. The van der Waals surface area contributed by atoms with E-state index in [0.29, 0.717) is 6.42 Å². The molecule has 1 rings (SSSR count). The van der Waals surface area contributed by atoms with Gasteiger partial charge in [-0.15, -0.1) is 0 Å². The lowest BCUT2D eigenvalue weighted by molar-refractivity contribution is 0.0698. The van der Waals surface area contributed by atoms with Crippen molar-refractivity contribution >= 4 is 21.7 Å². The van der Waals surface area contributed by atoms with E-state index in [1.54, 1.807) is 26.0 Å². The quantitative estimate of drug-likeness (QED) is 0.844. The highest BCUT2D eigenvalue weighted by Crippen LogP contribution is 2.18. The molecule has 0 saturated carbocycles. The van der Waals surface area contributed by atoms with Gasteiger partial charge in [0, 0.05) is 0 Å². The molecule has 2 N–H and O–H groups in total. The number of rotatable bonds is 5. The van der Waals surface area contributed by atoms with Gasteiger partial charge in [0.2, 0.25) is 10.0 Å². The van der Waals surface area contributed by atoms with Crippen LogP contribution in [0.25, 0.3) is 0 Å². The molecule has 94 valence electrons. The van der Waals surface area contributed by atoms with Gasteiger partial charge in [-0.3, -0.25) is 4.72 Å². The normalized spacial score (nSPS) is 13.1. The lowest BCUT2D eigenvalue weighted by atomic mass is 10.2. The SMILES string of the molecule is CCC(C)S(=O)(=O)Nc1ccccc1C(=O)O. The van der Waals surface area contributed by atoms with E-state index in [2.05, 4.69) is 4.72 Å². The van der Waals surface area contributed by atoms with Crippen LogP contribution in [0.15, 0.2) is 24.3 Å². The van der Waals surface area contributed by atoms with E-state index >= 15 is 0 Å². The van der Waals surface area contributed by atoms with Crippen LogP contribution in [-0.2, 0) is 10.0 Å². The maximum atomic E-state index is 11.8. The monoisotopic (exact) mass is 257 g/mol. The van der Waals surface area contributed by atoms with Gasteiger partial charge in [0.15, 0.2) is 0 Å². The number of benzene rings is 1. The van der Waals surface area contributed by atoms with Crippen LogP contribution in [0.5, 0.6) is 0 Å². The van der Waals surface area contributed by atoms with E-state index < -0.39 is 21.2 Å². The Morgan fingerprint density at radius 1 is 1.41 bits per heavy atom. The summed E-state index contributed by atoms with van der Waals surface area (Å²) in [5.41, 5.74) is 0.0414. The minimum Gasteiger partial charge on any atom is -0.478 e. The molecule has 0 aliphatic rings. The number of hydrogen-bond donors (Lipinski definition) is 2. The molecule has 0 heterocycles. The third-order valence-electron chi connectivity index (χ3n) is 2.51. The van der Waals surface area contributed by atoms with Gasteiger partial charge in [0.25, 0.3) is 0 Å². The first-order valence-electron chi connectivity index (χ1n) is 5.22. The molecule has 0 fully saturated rings. The van der Waals surface area contributed by atoms with E-state index in [-0.39, 0.29) is 11.3 Å². The van der Waals surface area contributed by atoms with Gasteiger partial charge in [0.1, 0.15) is 0 Å². The van der Waals surface area contributed by atoms with Crippen LogP contribution in [0, 0.1) is 0 Å². The molecule has 1 unspecified atom stereocenters. The molecule has 0 aromatic heterocycles. The highest BCUT2D eigenvalue weighted by atomic mass is 32.2. The number of anilines is 1. The molecule has 6 heteroatoms. The number of sulfonamides is 1. The van der Waals surface area contributed by atoms with Crippen LogP contribution in [0.3, 0.4) is 0 Å². The fourth-order valence-electron chi connectivity index (χ4n) is 1.23. The molecule has 0 saturated heterocycles. The summed E-state index contributed by atoms with van der Waals surface area (Å²) < 4.78 is 25.9. The van der Waals surface area contributed by atoms with Crippen LogP contribution in [0.2, 0.25) is 0 Å². The Labute approximate surface area is 101 Å². The van der Waals surface area contributed by atoms with Gasteiger partial charge in [0.05, 0.1) is 16.5 Å². The molecule has 1 aromatic carbocycles. The number of para-hydroxylation sites is 1. The first kappa shape index (κ1) is 13.5. The van der Waals surface area contributed by atoms with Gasteiger partial charge in [-0.25, -0.2) is 13.2 Å². The molecule has 0 amide bonds. The molecular weight excluding hydrogens is 242 g/mol. The summed E-state index contributed by atoms with van der Waals surface area (Å²) in [5, 5.41) is 8.36. The second-order valence-electron chi connectivity index (χ2n) is 3.72. The standard InChI is InChI=1S/C11H15NO4S/c1-3-8(2)17(15,16)12-10-7-5-4-6-9(10)11(13)14/h4-8,12H,3H2,1-2H3,(H,13,14). The van der Waals surface area contributed by atoms with Crippen LogP contribution < -0.4 is 4.72 Å². The molecule has 0 aliphatic heterocycles. The topological polar surface area (TPSA) is 83.5 Å². The molecule has 1 aromatic rings. The van der Waals surface area contributed by atoms with E-state index in [4.69, 9.17) is 5.11 Å². The number of carbonyl (C=O) groups is 1. The first-order chi connectivity index (χ1) is 7.88. The van der Waals surface area contributed by atoms with Crippen LogP contribution >= 0.6 is 0 Å². The van der Waals surface area contributed by atoms with Crippen molar-refractivity contribution in [2.75, 3.05) is 4.72 Å². The number of hydrogen-bond acceptors (Lipinski definition) is 3. The van der Waals surface area contributed by atoms with Gasteiger partial charge >= 0.3 is 5.97 Å². The molecular formula is C11H15NO4S. The molecule has 17 heavy (non-hydrogen) atoms. The van der Waals surface area contributed by atoms with Crippen molar-refractivity contribution in [3.63, 3.8) is 0 Å². The Morgan fingerprint density at radius 3 is 2.53 bits per heavy atom. The van der Waals surface area contributed by atoms with Gasteiger partial charge < -0.3 is 5.11 Å². The van der Waals surface area contributed by atoms with Gasteiger partial charge in [-0.2, -0.15) is 0 Å². The summed E-state index contributed by atoms with van der Waals surface area (Å²) in [4.78, 5) is 10.9. The number of nitrogens with one attached hydrogen (secondary N) is 1. The van der Waals surface area contributed by atoms with Crippen molar-refractivity contribution in [2.45, 2.75) is 25.5 Å². The van der Waals surface area contributed by atoms with Gasteiger partial charge in [-0.1, -0.05) is 19.1 Å². The Balaban J connectivity index is 3.08. The van der Waals surface area contributed by atoms with Gasteiger partial charge in [-0.05, 0) is 25.5 Å². The summed E-state index contributed by atoms with van der Waals surface area (Å²) in [7, 11) is -3.53. The predicted molar refractivity (Wildman–Crippen MR) is 65.7 cm³/mol. The minimum absolute atomic E-state index is 0.0561. The largest absolute Gasteiger partial charge is 0.478 e. The lowest BCUT2D eigenvalue weighted by Gasteiger charge is -2.14. The minimum atomic E-state index is -3.53. The van der Waals surface area contributed by atoms with Crippen LogP contribution in [-0.4, -0.2) is 24.7 Å². The van der Waals surface area contributed by atoms with Crippen molar-refractivity contribution in [1.82, 2.24) is 0 Å². The molecule has 0 bridgehead atoms. The lowest BCUT2D eigenvalue weighted by Crippen LogP contribution is -2.25. The zero-order valence-corrected chi connectivity index (χ0v) is 10.5. The van der Waals surface area contributed by atoms with E-state index in [1.807, 2.05) is 0 Å². The molecule has 1 atom stereocenters. The van der Waals surface area contributed by atoms with Crippen molar-refractivity contribution < 1.29 is 18.3 Å². The third kappa shape index (κ3) is 3.20. The van der Waals surface area contributed by atoms with E-state index in [0.717, 1.165) is 0 Å². The molecule has 0 radical (unpaired) electrons. The van der Waals surface area contributed by atoms with Crippen LogP contribution in [0.1, 0.15) is 30.6 Å². The van der Waals surface area contributed by atoms with Crippen LogP contribution in [0.4, 0.5) is 5.69 Å². The molecule has 0 spiro atoms. The zero-order valence-electron chi connectivity index (χ0n) is 9.67. The maximum Gasteiger partial charge on any atom is 0.337 e. The second kappa shape index (κ2) is 5.18. The maximum absolute atomic E-state index is 11.8.